The molecule has 0 unspecified atom stereocenters. The van der Waals surface area contributed by atoms with Gasteiger partial charge < -0.3 is 9.88 Å². The van der Waals surface area contributed by atoms with E-state index in [1.807, 2.05) is 12.3 Å². The van der Waals surface area contributed by atoms with E-state index < -0.39 is 0 Å². The Labute approximate surface area is 95.5 Å². The number of hydrogen-bond acceptors (Lipinski definition) is 2. The van der Waals surface area contributed by atoms with Crippen LogP contribution in [0.5, 0.6) is 0 Å². The van der Waals surface area contributed by atoms with Crippen LogP contribution in [0.25, 0.3) is 11.0 Å². The first-order chi connectivity index (χ1) is 7.83. The molecule has 84 valence electrons. The zero-order valence-electron chi connectivity index (χ0n) is 9.61. The molecule has 0 aliphatic carbocycles. The van der Waals surface area contributed by atoms with Crippen molar-refractivity contribution in [1.29, 1.82) is 0 Å². The third-order valence-electron chi connectivity index (χ3n) is 3.57. The van der Waals surface area contributed by atoms with Gasteiger partial charge in [-0.15, -0.1) is 0 Å². The van der Waals surface area contributed by atoms with Crippen molar-refractivity contribution in [1.82, 2.24) is 14.9 Å². The molecule has 3 rings (SSSR count). The van der Waals surface area contributed by atoms with Gasteiger partial charge in [0.05, 0.1) is 0 Å². The van der Waals surface area contributed by atoms with Gasteiger partial charge in [0.1, 0.15) is 5.65 Å². The summed E-state index contributed by atoms with van der Waals surface area (Å²) < 4.78 is 0. The highest BCUT2D eigenvalue weighted by Crippen LogP contribution is 2.20. The number of hydrogen-bond donors (Lipinski definition) is 1. The molecule has 0 radical (unpaired) electrons. The minimum Gasteiger partial charge on any atom is -0.343 e. The summed E-state index contributed by atoms with van der Waals surface area (Å²) in [6.07, 6.45) is 5.61. The second kappa shape index (κ2) is 3.91. The van der Waals surface area contributed by atoms with Crippen molar-refractivity contribution in [3.05, 3.63) is 30.1 Å². The highest BCUT2D eigenvalue weighted by Gasteiger charge is 2.21. The van der Waals surface area contributed by atoms with Gasteiger partial charge in [-0.25, -0.2) is 4.98 Å². The molecule has 3 nitrogen and oxygen atoms in total. The molecule has 1 N–H and O–H groups in total. The minimum absolute atomic E-state index is 0.702. The number of aromatic amines is 1. The lowest BCUT2D eigenvalue weighted by atomic mass is 10.1. The molecule has 0 aromatic carbocycles. The molecule has 1 fully saturated rings. The van der Waals surface area contributed by atoms with Gasteiger partial charge in [0, 0.05) is 29.7 Å². The van der Waals surface area contributed by atoms with E-state index in [1.54, 1.807) is 0 Å². The molecule has 1 aliphatic heterocycles. The van der Waals surface area contributed by atoms with E-state index in [2.05, 4.69) is 34.0 Å². The van der Waals surface area contributed by atoms with Crippen molar-refractivity contribution < 1.29 is 0 Å². The summed E-state index contributed by atoms with van der Waals surface area (Å²) in [4.78, 5) is 10.2. The Bertz CT molecular complexity index is 456. The van der Waals surface area contributed by atoms with Crippen LogP contribution in [-0.4, -0.2) is 34.5 Å². The molecule has 2 aromatic heterocycles. The molecule has 16 heavy (non-hydrogen) atoms. The van der Waals surface area contributed by atoms with Gasteiger partial charge in [-0.05, 0) is 44.6 Å². The van der Waals surface area contributed by atoms with Crippen LogP contribution in [0, 0.1) is 0 Å². The third kappa shape index (κ3) is 1.71. The highest BCUT2D eigenvalue weighted by molar-refractivity contribution is 5.76. The number of H-pyrrole nitrogens is 1. The van der Waals surface area contributed by atoms with Gasteiger partial charge in [0.15, 0.2) is 0 Å². The molecular formula is C13H17N3. The Kier molecular flexibility index (Phi) is 2.40. The van der Waals surface area contributed by atoms with Crippen molar-refractivity contribution in [3.63, 3.8) is 0 Å². The molecule has 0 amide bonds. The number of pyridine rings is 1. The largest absolute Gasteiger partial charge is 0.343 e. The fourth-order valence-corrected chi connectivity index (χ4v) is 2.62. The van der Waals surface area contributed by atoms with Crippen molar-refractivity contribution in [3.8, 4) is 0 Å². The summed E-state index contributed by atoms with van der Waals surface area (Å²) >= 11 is 0. The predicted octanol–water partition coefficient (Wildman–Crippen LogP) is 2.20. The van der Waals surface area contributed by atoms with Gasteiger partial charge in [-0.1, -0.05) is 0 Å². The summed E-state index contributed by atoms with van der Waals surface area (Å²) in [7, 11) is 2.22. The number of aromatic nitrogens is 2. The number of rotatable bonds is 2. The number of fused-ring (bicyclic) bond motifs is 1. The quantitative estimate of drug-likeness (QED) is 0.832. The Balaban J connectivity index is 1.83. The van der Waals surface area contributed by atoms with E-state index in [4.69, 9.17) is 0 Å². The fraction of sp³-hybridized carbons (Fsp3) is 0.462. The van der Waals surface area contributed by atoms with Crippen LogP contribution in [0.3, 0.4) is 0 Å². The first-order valence-corrected chi connectivity index (χ1v) is 5.96. The minimum atomic E-state index is 0.702. The first kappa shape index (κ1) is 9.85. The second-order valence-electron chi connectivity index (χ2n) is 4.72. The summed E-state index contributed by atoms with van der Waals surface area (Å²) in [5.74, 6) is 0. The topological polar surface area (TPSA) is 31.9 Å². The Morgan fingerprint density at radius 1 is 1.56 bits per heavy atom. The standard InChI is InChI=1S/C13H17N3/c1-16-7-3-5-12(16)9-11-8-10-4-2-6-14-13(10)15-11/h2,4,6,8,12H,3,5,7,9H2,1H3,(H,14,15)/t12-/m1/s1. The maximum absolute atomic E-state index is 4.33. The van der Waals surface area contributed by atoms with Gasteiger partial charge in [0.25, 0.3) is 0 Å². The average Bonchev–Trinajstić information content (AvgIpc) is 2.85. The van der Waals surface area contributed by atoms with Crippen molar-refractivity contribution in [2.24, 2.45) is 0 Å². The van der Waals surface area contributed by atoms with E-state index in [9.17, 15) is 0 Å². The number of nitrogens with zero attached hydrogens (tertiary/aromatic N) is 2. The maximum atomic E-state index is 4.33. The first-order valence-electron chi connectivity index (χ1n) is 5.96. The van der Waals surface area contributed by atoms with Crippen molar-refractivity contribution in [2.75, 3.05) is 13.6 Å². The molecule has 1 atom stereocenters. The van der Waals surface area contributed by atoms with E-state index in [0.717, 1.165) is 12.1 Å². The lowest BCUT2D eigenvalue weighted by Crippen LogP contribution is -2.26. The van der Waals surface area contributed by atoms with Crippen LogP contribution in [-0.2, 0) is 6.42 Å². The summed E-state index contributed by atoms with van der Waals surface area (Å²) in [5.41, 5.74) is 2.32. The van der Waals surface area contributed by atoms with Gasteiger partial charge in [-0.3, -0.25) is 0 Å². The van der Waals surface area contributed by atoms with Crippen LogP contribution in [0.4, 0.5) is 0 Å². The third-order valence-corrected chi connectivity index (χ3v) is 3.57. The molecule has 1 aliphatic rings. The molecule has 3 heteroatoms. The lowest BCUT2D eigenvalue weighted by Gasteiger charge is -2.18. The normalized spacial score (nSPS) is 21.9. The van der Waals surface area contributed by atoms with E-state index in [-0.39, 0.29) is 0 Å². The monoisotopic (exact) mass is 215 g/mol. The molecule has 0 spiro atoms. The Hall–Kier alpha value is -1.35. The van der Waals surface area contributed by atoms with E-state index >= 15 is 0 Å². The van der Waals surface area contributed by atoms with Gasteiger partial charge in [-0.2, -0.15) is 0 Å². The maximum Gasteiger partial charge on any atom is 0.137 e. The van der Waals surface area contributed by atoms with Crippen LogP contribution < -0.4 is 0 Å². The Morgan fingerprint density at radius 2 is 2.50 bits per heavy atom. The zero-order chi connectivity index (χ0) is 11.0. The predicted molar refractivity (Wildman–Crippen MR) is 65.4 cm³/mol. The molecular weight excluding hydrogens is 198 g/mol. The van der Waals surface area contributed by atoms with E-state index in [1.165, 1.54) is 30.5 Å². The molecule has 1 saturated heterocycles. The second-order valence-corrected chi connectivity index (χ2v) is 4.72. The summed E-state index contributed by atoms with van der Waals surface area (Å²) in [6, 6.07) is 7.03. The fourth-order valence-electron chi connectivity index (χ4n) is 2.62. The summed E-state index contributed by atoms with van der Waals surface area (Å²) in [6.45, 7) is 1.24. The number of nitrogens with one attached hydrogen (secondary N) is 1. The molecule has 3 heterocycles. The molecule has 2 aromatic rings. The number of likely N-dealkylation sites (N-methyl/N-ethyl adjacent to an activating group) is 1. The summed E-state index contributed by atoms with van der Waals surface area (Å²) in [5, 5.41) is 1.22. The van der Waals surface area contributed by atoms with E-state index in [0.29, 0.717) is 6.04 Å². The molecule has 0 saturated carbocycles. The van der Waals surface area contributed by atoms with Crippen LogP contribution in [0.1, 0.15) is 18.5 Å². The average molecular weight is 215 g/mol. The van der Waals surface area contributed by atoms with Gasteiger partial charge >= 0.3 is 0 Å². The SMILES string of the molecule is CN1CCC[C@@H]1Cc1cc2cccnc2[nH]1. The Morgan fingerprint density at radius 3 is 3.25 bits per heavy atom. The highest BCUT2D eigenvalue weighted by atomic mass is 15.1. The van der Waals surface area contributed by atoms with Crippen LogP contribution in [0.15, 0.2) is 24.4 Å². The van der Waals surface area contributed by atoms with Gasteiger partial charge in [0.2, 0.25) is 0 Å². The lowest BCUT2D eigenvalue weighted by molar-refractivity contribution is 0.308. The van der Waals surface area contributed by atoms with Crippen molar-refractivity contribution >= 4 is 11.0 Å². The van der Waals surface area contributed by atoms with Crippen molar-refractivity contribution in [2.45, 2.75) is 25.3 Å². The van der Waals surface area contributed by atoms with Crippen LogP contribution >= 0.6 is 0 Å². The molecule has 0 bridgehead atoms. The smallest absolute Gasteiger partial charge is 0.137 e. The zero-order valence-corrected chi connectivity index (χ0v) is 9.61. The van der Waals surface area contributed by atoms with Crippen LogP contribution in [0.2, 0.25) is 0 Å². The number of likely N-dealkylation sites (tertiary alicyclic amines) is 1.